The van der Waals surface area contributed by atoms with Gasteiger partial charge in [-0.25, -0.2) is 4.39 Å². The zero-order chi connectivity index (χ0) is 13.2. The first-order valence-electron chi connectivity index (χ1n) is 5.98. The van der Waals surface area contributed by atoms with Gasteiger partial charge in [0.15, 0.2) is 0 Å². The topological polar surface area (TPSA) is 29.9 Å². The lowest BCUT2D eigenvalue weighted by atomic mass is 10.1. The van der Waals surface area contributed by atoms with E-state index in [0.717, 1.165) is 11.3 Å². The summed E-state index contributed by atoms with van der Waals surface area (Å²) in [7, 11) is 0. The molecule has 1 aromatic carbocycles. The quantitative estimate of drug-likeness (QED) is 0.901. The van der Waals surface area contributed by atoms with Gasteiger partial charge < -0.3 is 5.32 Å². The molecule has 0 saturated heterocycles. The summed E-state index contributed by atoms with van der Waals surface area (Å²) in [5.74, 6) is -0.231. The van der Waals surface area contributed by atoms with Gasteiger partial charge in [-0.05, 0) is 39.0 Å². The Morgan fingerprint density at radius 3 is 2.72 bits per heavy atom. The van der Waals surface area contributed by atoms with Crippen LogP contribution in [0.3, 0.4) is 0 Å². The van der Waals surface area contributed by atoms with Crippen LogP contribution in [0.2, 0.25) is 0 Å². The van der Waals surface area contributed by atoms with Gasteiger partial charge in [0.25, 0.3) is 0 Å². The summed E-state index contributed by atoms with van der Waals surface area (Å²) in [6.45, 7) is 6.94. The molecule has 0 bridgehead atoms. The highest BCUT2D eigenvalue weighted by molar-refractivity contribution is 5.43. The van der Waals surface area contributed by atoms with E-state index in [1.165, 1.54) is 12.1 Å². The van der Waals surface area contributed by atoms with E-state index in [4.69, 9.17) is 0 Å². The van der Waals surface area contributed by atoms with Crippen molar-refractivity contribution in [1.82, 2.24) is 9.78 Å². The van der Waals surface area contributed by atoms with Crippen LogP contribution in [-0.2, 0) is 12.1 Å². The average molecular weight is 247 g/mol. The Morgan fingerprint density at radius 2 is 2.11 bits per heavy atom. The minimum Gasteiger partial charge on any atom is -0.381 e. The van der Waals surface area contributed by atoms with Crippen molar-refractivity contribution in [1.29, 1.82) is 0 Å². The third-order valence-corrected chi connectivity index (χ3v) is 2.64. The van der Waals surface area contributed by atoms with E-state index in [2.05, 4.69) is 31.2 Å². The molecule has 0 aliphatic heterocycles. The van der Waals surface area contributed by atoms with E-state index in [0.29, 0.717) is 6.54 Å². The highest BCUT2D eigenvalue weighted by atomic mass is 19.1. The van der Waals surface area contributed by atoms with Gasteiger partial charge in [0.05, 0.1) is 11.7 Å². The molecule has 0 radical (unpaired) electrons. The fraction of sp³-hybridized carbons (Fsp3) is 0.357. The summed E-state index contributed by atoms with van der Waals surface area (Å²) in [5, 5.41) is 7.49. The first-order chi connectivity index (χ1) is 8.45. The van der Waals surface area contributed by atoms with Gasteiger partial charge in [0.1, 0.15) is 5.82 Å². The molecule has 4 heteroatoms. The highest BCUT2D eigenvalue weighted by Gasteiger charge is 2.13. The molecule has 1 heterocycles. The third kappa shape index (κ3) is 3.09. The van der Waals surface area contributed by atoms with Gasteiger partial charge in [-0.1, -0.05) is 6.07 Å². The minimum atomic E-state index is -0.231. The van der Waals surface area contributed by atoms with E-state index < -0.39 is 0 Å². The molecule has 96 valence electrons. The molecule has 3 nitrogen and oxygen atoms in total. The molecule has 0 amide bonds. The fourth-order valence-electron chi connectivity index (χ4n) is 1.62. The zero-order valence-corrected chi connectivity index (χ0v) is 10.9. The van der Waals surface area contributed by atoms with Crippen LogP contribution >= 0.6 is 0 Å². The van der Waals surface area contributed by atoms with Gasteiger partial charge in [0, 0.05) is 24.0 Å². The lowest BCUT2D eigenvalue weighted by Crippen LogP contribution is -2.21. The Labute approximate surface area is 107 Å². The molecule has 0 saturated carbocycles. The van der Waals surface area contributed by atoms with Gasteiger partial charge in [-0.3, -0.25) is 4.68 Å². The van der Waals surface area contributed by atoms with Gasteiger partial charge >= 0.3 is 0 Å². The maximum Gasteiger partial charge on any atom is 0.125 e. The number of nitrogens with one attached hydrogen (secondary N) is 1. The minimum absolute atomic E-state index is 0.0168. The van der Waals surface area contributed by atoms with Crippen LogP contribution in [-0.4, -0.2) is 9.78 Å². The first-order valence-corrected chi connectivity index (χ1v) is 5.98. The molecule has 1 N–H and O–H groups in total. The van der Waals surface area contributed by atoms with Crippen LogP contribution in [0.4, 0.5) is 10.1 Å². The molecular weight excluding hydrogens is 229 g/mol. The molecule has 1 aromatic heterocycles. The van der Waals surface area contributed by atoms with Crippen molar-refractivity contribution in [3.63, 3.8) is 0 Å². The second-order valence-corrected chi connectivity index (χ2v) is 5.33. The fourth-order valence-corrected chi connectivity index (χ4v) is 1.62. The summed E-state index contributed by atoms with van der Waals surface area (Å²) in [4.78, 5) is 0. The Balaban J connectivity index is 2.01. The lowest BCUT2D eigenvalue weighted by Gasteiger charge is -2.18. The predicted molar refractivity (Wildman–Crippen MR) is 70.9 cm³/mol. The molecule has 2 aromatic rings. The first kappa shape index (κ1) is 12.6. The molecule has 18 heavy (non-hydrogen) atoms. The summed E-state index contributed by atoms with van der Waals surface area (Å²) >= 11 is 0. The van der Waals surface area contributed by atoms with Crippen molar-refractivity contribution < 1.29 is 4.39 Å². The third-order valence-electron chi connectivity index (χ3n) is 2.64. The van der Waals surface area contributed by atoms with Crippen LogP contribution in [0.15, 0.2) is 36.7 Å². The summed E-state index contributed by atoms with van der Waals surface area (Å²) in [6.07, 6.45) is 3.84. The van der Waals surface area contributed by atoms with E-state index >= 15 is 0 Å². The van der Waals surface area contributed by atoms with E-state index in [-0.39, 0.29) is 11.4 Å². The molecule has 0 unspecified atom stereocenters. The summed E-state index contributed by atoms with van der Waals surface area (Å²) in [5.41, 5.74) is 1.84. The smallest absolute Gasteiger partial charge is 0.125 e. The maximum absolute atomic E-state index is 13.0. The number of hydrogen-bond acceptors (Lipinski definition) is 2. The van der Waals surface area contributed by atoms with Crippen molar-refractivity contribution in [2.75, 3.05) is 5.32 Å². The Hall–Kier alpha value is -1.84. The van der Waals surface area contributed by atoms with E-state index in [1.807, 2.05) is 23.1 Å². The predicted octanol–water partition coefficient (Wildman–Crippen LogP) is 3.39. The molecule has 0 fully saturated rings. The number of anilines is 1. The van der Waals surface area contributed by atoms with E-state index in [1.54, 1.807) is 6.07 Å². The van der Waals surface area contributed by atoms with Crippen molar-refractivity contribution >= 4 is 5.69 Å². The highest BCUT2D eigenvalue weighted by Crippen LogP contribution is 2.15. The Morgan fingerprint density at radius 1 is 1.33 bits per heavy atom. The Bertz CT molecular complexity index is 526. The second kappa shape index (κ2) is 4.80. The van der Waals surface area contributed by atoms with Crippen LogP contribution in [0.1, 0.15) is 26.3 Å². The van der Waals surface area contributed by atoms with Crippen LogP contribution in [0.5, 0.6) is 0 Å². The number of benzene rings is 1. The van der Waals surface area contributed by atoms with E-state index in [9.17, 15) is 4.39 Å². The van der Waals surface area contributed by atoms with Crippen molar-refractivity contribution in [3.05, 3.63) is 48.0 Å². The number of nitrogens with zero attached hydrogens (tertiary/aromatic N) is 2. The monoisotopic (exact) mass is 247 g/mol. The van der Waals surface area contributed by atoms with Crippen molar-refractivity contribution in [3.8, 4) is 0 Å². The number of aromatic nitrogens is 2. The molecular formula is C14H18FN3. The average Bonchev–Trinajstić information content (AvgIpc) is 2.74. The largest absolute Gasteiger partial charge is 0.381 e. The van der Waals surface area contributed by atoms with Crippen LogP contribution < -0.4 is 5.32 Å². The normalized spacial score (nSPS) is 11.6. The zero-order valence-electron chi connectivity index (χ0n) is 10.9. The molecule has 2 rings (SSSR count). The number of halogens is 1. The van der Waals surface area contributed by atoms with Crippen molar-refractivity contribution in [2.45, 2.75) is 32.9 Å². The molecule has 0 aliphatic carbocycles. The van der Waals surface area contributed by atoms with Gasteiger partial charge in [-0.2, -0.15) is 5.10 Å². The lowest BCUT2D eigenvalue weighted by molar-refractivity contribution is 0.355. The maximum atomic E-state index is 13.0. The van der Waals surface area contributed by atoms with Crippen molar-refractivity contribution in [2.24, 2.45) is 0 Å². The Kier molecular flexibility index (Phi) is 3.36. The molecule has 0 atom stereocenters. The van der Waals surface area contributed by atoms with Crippen LogP contribution in [0, 0.1) is 5.82 Å². The number of rotatable bonds is 3. The second-order valence-electron chi connectivity index (χ2n) is 5.33. The SMILES string of the molecule is CC(C)(C)n1cc(CNc2cccc(F)c2)cn1. The van der Waals surface area contributed by atoms with Crippen LogP contribution in [0.25, 0.3) is 0 Å². The number of hydrogen-bond donors (Lipinski definition) is 1. The summed E-state index contributed by atoms with van der Waals surface area (Å²) < 4.78 is 14.9. The van der Waals surface area contributed by atoms with Gasteiger partial charge in [0.2, 0.25) is 0 Å². The summed E-state index contributed by atoms with van der Waals surface area (Å²) in [6, 6.07) is 6.45. The van der Waals surface area contributed by atoms with Gasteiger partial charge in [-0.15, -0.1) is 0 Å². The molecule has 0 spiro atoms. The standard InChI is InChI=1S/C14H18FN3/c1-14(2,3)18-10-11(9-17-18)8-16-13-6-4-5-12(15)7-13/h4-7,9-10,16H,8H2,1-3H3. The molecule has 0 aliphatic rings.